The van der Waals surface area contributed by atoms with Gasteiger partial charge in [-0.15, -0.1) is 0 Å². The van der Waals surface area contributed by atoms with Crippen LogP contribution >= 0.6 is 11.6 Å². The molecule has 0 spiro atoms. The Hall–Kier alpha value is -2.42. The van der Waals surface area contributed by atoms with Crippen molar-refractivity contribution in [1.29, 1.82) is 0 Å². The summed E-state index contributed by atoms with van der Waals surface area (Å²) in [6, 6.07) is 12.8. The van der Waals surface area contributed by atoms with E-state index in [1.54, 1.807) is 31.4 Å². The molecule has 2 aromatic rings. The Morgan fingerprint density at radius 2 is 1.81 bits per heavy atom. The first-order chi connectivity index (χ1) is 12.3. The predicted molar refractivity (Wildman–Crippen MR) is 100.0 cm³/mol. The van der Waals surface area contributed by atoms with Gasteiger partial charge < -0.3 is 4.74 Å². The maximum absolute atomic E-state index is 12.4. The summed E-state index contributed by atoms with van der Waals surface area (Å²) in [5.74, 6) is 0.148. The lowest BCUT2D eigenvalue weighted by Crippen LogP contribution is -2.36. The van der Waals surface area contributed by atoms with Crippen LogP contribution in [0.5, 0.6) is 5.75 Å². The zero-order valence-corrected chi connectivity index (χ0v) is 15.8. The van der Waals surface area contributed by atoms with Crippen molar-refractivity contribution in [3.05, 3.63) is 59.1 Å². The Kier molecular flexibility index (Phi) is 6.73. The highest BCUT2D eigenvalue weighted by Gasteiger charge is 2.22. The summed E-state index contributed by atoms with van der Waals surface area (Å²) in [4.78, 5) is 12.0. The minimum atomic E-state index is -3.79. The zero-order valence-electron chi connectivity index (χ0n) is 14.2. The number of sulfonamides is 1. The molecule has 0 aliphatic carbocycles. The van der Waals surface area contributed by atoms with Gasteiger partial charge in [-0.25, -0.2) is 13.8 Å². The van der Waals surface area contributed by atoms with Crippen LogP contribution in [-0.2, 0) is 14.8 Å². The molecule has 0 aliphatic heterocycles. The number of methoxy groups -OCH3 is 1. The summed E-state index contributed by atoms with van der Waals surface area (Å²) in [6.07, 6.45) is 1.45. The number of benzene rings is 2. The van der Waals surface area contributed by atoms with Crippen LogP contribution in [0, 0.1) is 0 Å². The molecule has 0 saturated carbocycles. The molecule has 0 aliphatic rings. The lowest BCUT2D eigenvalue weighted by atomic mass is 10.2. The third-order valence-electron chi connectivity index (χ3n) is 3.41. The number of ether oxygens (including phenoxy) is 1. The molecule has 9 heteroatoms. The average Bonchev–Trinajstić information content (AvgIpc) is 2.62. The van der Waals surface area contributed by atoms with Gasteiger partial charge in [0.2, 0.25) is 10.0 Å². The standard InChI is InChI=1S/C17H18ClN3O4S/c1-21(26(23,24)16-9-5-14(18)6-10-16)12-17(22)20-19-11-13-3-7-15(25-2)8-4-13/h3-11H,12H2,1-2H3,(H,20,22)/b19-11-. The van der Waals surface area contributed by atoms with Gasteiger partial charge in [0.1, 0.15) is 5.75 Å². The maximum atomic E-state index is 12.4. The van der Waals surface area contributed by atoms with Gasteiger partial charge in [0.25, 0.3) is 5.91 Å². The van der Waals surface area contributed by atoms with Gasteiger partial charge in [0, 0.05) is 12.1 Å². The van der Waals surface area contributed by atoms with Crippen LogP contribution in [0.4, 0.5) is 0 Å². The number of likely N-dealkylation sites (N-methyl/N-ethyl adjacent to an activating group) is 1. The van der Waals surface area contributed by atoms with Gasteiger partial charge in [-0.2, -0.15) is 9.41 Å². The van der Waals surface area contributed by atoms with Crippen LogP contribution in [0.25, 0.3) is 0 Å². The van der Waals surface area contributed by atoms with Crippen molar-refractivity contribution in [3.8, 4) is 5.75 Å². The molecule has 0 atom stereocenters. The second-order valence-electron chi connectivity index (χ2n) is 5.28. The van der Waals surface area contributed by atoms with E-state index in [-0.39, 0.29) is 11.4 Å². The van der Waals surface area contributed by atoms with Crippen LogP contribution in [0.2, 0.25) is 5.02 Å². The van der Waals surface area contributed by atoms with Gasteiger partial charge in [-0.3, -0.25) is 4.79 Å². The molecule has 1 N–H and O–H groups in total. The number of hydrogen-bond acceptors (Lipinski definition) is 5. The van der Waals surface area contributed by atoms with Crippen LogP contribution < -0.4 is 10.2 Å². The summed E-state index contributed by atoms with van der Waals surface area (Å²) in [5, 5.41) is 4.24. The van der Waals surface area contributed by atoms with Crippen molar-refractivity contribution in [1.82, 2.24) is 9.73 Å². The van der Waals surface area contributed by atoms with E-state index in [1.807, 2.05) is 0 Å². The van der Waals surface area contributed by atoms with Gasteiger partial charge in [-0.1, -0.05) is 11.6 Å². The summed E-state index contributed by atoms with van der Waals surface area (Å²) >= 11 is 5.75. The Morgan fingerprint density at radius 1 is 1.19 bits per heavy atom. The van der Waals surface area contributed by atoms with E-state index >= 15 is 0 Å². The number of hydrazone groups is 1. The summed E-state index contributed by atoms with van der Waals surface area (Å²) in [5.41, 5.74) is 3.05. The van der Waals surface area contributed by atoms with E-state index < -0.39 is 15.9 Å². The molecule has 0 bridgehead atoms. The van der Waals surface area contributed by atoms with Gasteiger partial charge in [0.15, 0.2) is 0 Å². The third kappa shape index (κ3) is 5.29. The number of nitrogens with zero attached hydrogens (tertiary/aromatic N) is 2. The average molecular weight is 396 g/mol. The Morgan fingerprint density at radius 3 is 2.38 bits per heavy atom. The third-order valence-corrected chi connectivity index (χ3v) is 5.48. The molecule has 0 unspecified atom stereocenters. The number of hydrogen-bond donors (Lipinski definition) is 1. The fourth-order valence-corrected chi connectivity index (χ4v) is 3.23. The smallest absolute Gasteiger partial charge is 0.255 e. The first kappa shape index (κ1) is 19.9. The Balaban J connectivity index is 1.93. The molecule has 7 nitrogen and oxygen atoms in total. The van der Waals surface area contributed by atoms with E-state index in [2.05, 4.69) is 10.5 Å². The highest BCUT2D eigenvalue weighted by atomic mass is 35.5. The lowest BCUT2D eigenvalue weighted by Gasteiger charge is -2.16. The monoisotopic (exact) mass is 395 g/mol. The van der Waals surface area contributed by atoms with Crippen LogP contribution in [0.1, 0.15) is 5.56 Å². The minimum absolute atomic E-state index is 0.0546. The number of rotatable bonds is 7. The number of carbonyl (C=O) groups excluding carboxylic acids is 1. The summed E-state index contributed by atoms with van der Waals surface area (Å²) < 4.78 is 30.8. The fraction of sp³-hybridized carbons (Fsp3) is 0.176. The molecule has 1 amide bonds. The first-order valence-electron chi connectivity index (χ1n) is 7.51. The van der Waals surface area contributed by atoms with E-state index in [1.165, 1.54) is 37.5 Å². The first-order valence-corrected chi connectivity index (χ1v) is 9.32. The molecule has 2 aromatic carbocycles. The second-order valence-corrected chi connectivity index (χ2v) is 7.76. The van der Waals surface area contributed by atoms with Crippen LogP contribution in [0.15, 0.2) is 58.5 Å². The number of amides is 1. The number of nitrogens with one attached hydrogen (secondary N) is 1. The topological polar surface area (TPSA) is 88.1 Å². The van der Waals surface area contributed by atoms with E-state index in [0.717, 1.165) is 9.87 Å². The molecule has 0 saturated heterocycles. The maximum Gasteiger partial charge on any atom is 0.255 e. The molecular formula is C17H18ClN3O4S. The van der Waals surface area contributed by atoms with E-state index in [9.17, 15) is 13.2 Å². The lowest BCUT2D eigenvalue weighted by molar-refractivity contribution is -0.121. The van der Waals surface area contributed by atoms with Crippen molar-refractivity contribution >= 4 is 33.7 Å². The Labute approximate surface area is 157 Å². The molecule has 26 heavy (non-hydrogen) atoms. The Bertz CT molecular complexity index is 881. The molecule has 138 valence electrons. The molecule has 0 fully saturated rings. The SMILES string of the molecule is COc1ccc(/C=N\NC(=O)CN(C)S(=O)(=O)c2ccc(Cl)cc2)cc1. The predicted octanol–water partition coefficient (Wildman–Crippen LogP) is 2.12. The normalized spacial score (nSPS) is 11.7. The van der Waals surface area contributed by atoms with Crippen LogP contribution in [-0.4, -0.2) is 45.5 Å². The largest absolute Gasteiger partial charge is 0.497 e. The molecule has 2 rings (SSSR count). The highest BCUT2D eigenvalue weighted by molar-refractivity contribution is 7.89. The van der Waals surface area contributed by atoms with Crippen molar-refractivity contribution in [2.75, 3.05) is 20.7 Å². The molecule has 0 radical (unpaired) electrons. The highest BCUT2D eigenvalue weighted by Crippen LogP contribution is 2.17. The van der Waals surface area contributed by atoms with Crippen molar-refractivity contribution in [2.24, 2.45) is 5.10 Å². The zero-order chi connectivity index (χ0) is 19.2. The van der Waals surface area contributed by atoms with Crippen molar-refractivity contribution in [3.63, 3.8) is 0 Å². The quantitative estimate of drug-likeness (QED) is 0.574. The van der Waals surface area contributed by atoms with E-state index in [4.69, 9.17) is 16.3 Å². The molecular weight excluding hydrogens is 378 g/mol. The molecule has 0 heterocycles. The number of halogens is 1. The summed E-state index contributed by atoms with van der Waals surface area (Å²) in [6.45, 7) is -0.370. The van der Waals surface area contributed by atoms with Crippen LogP contribution in [0.3, 0.4) is 0 Å². The number of carbonyl (C=O) groups is 1. The van der Waals surface area contributed by atoms with Gasteiger partial charge in [0.05, 0.1) is 24.8 Å². The fourth-order valence-electron chi connectivity index (χ4n) is 1.98. The minimum Gasteiger partial charge on any atom is -0.497 e. The van der Waals surface area contributed by atoms with Gasteiger partial charge in [-0.05, 0) is 54.1 Å². The molecule has 0 aromatic heterocycles. The van der Waals surface area contributed by atoms with Crippen molar-refractivity contribution in [2.45, 2.75) is 4.90 Å². The van der Waals surface area contributed by atoms with Gasteiger partial charge >= 0.3 is 0 Å². The van der Waals surface area contributed by atoms with Crippen molar-refractivity contribution < 1.29 is 17.9 Å². The summed E-state index contributed by atoms with van der Waals surface area (Å²) in [7, 11) is -0.904. The second kappa shape index (κ2) is 8.79. The van der Waals surface area contributed by atoms with E-state index in [0.29, 0.717) is 10.8 Å².